The maximum absolute atomic E-state index is 12.8. The van der Waals surface area contributed by atoms with Gasteiger partial charge in [-0.1, -0.05) is 18.2 Å². The number of nitrogens with zero attached hydrogens (tertiary/aromatic N) is 4. The van der Waals surface area contributed by atoms with Gasteiger partial charge >= 0.3 is 0 Å². The minimum atomic E-state index is -0.172. The Morgan fingerprint density at radius 3 is 2.87 bits per heavy atom. The topological polar surface area (TPSA) is 93.9 Å². The molecule has 3 atom stereocenters. The maximum Gasteiger partial charge on any atom is 0.280 e. The third kappa shape index (κ3) is 3.37. The van der Waals surface area contributed by atoms with Crippen molar-refractivity contribution in [3.63, 3.8) is 0 Å². The molecule has 2 bridgehead atoms. The lowest BCUT2D eigenvalue weighted by molar-refractivity contribution is 0.0929. The summed E-state index contributed by atoms with van der Waals surface area (Å²) < 4.78 is 0. The zero-order chi connectivity index (χ0) is 20.5. The summed E-state index contributed by atoms with van der Waals surface area (Å²) >= 11 is 1.35. The molecule has 1 saturated heterocycles. The van der Waals surface area contributed by atoms with Gasteiger partial charge in [-0.25, -0.2) is 4.98 Å². The number of rotatable bonds is 5. The van der Waals surface area contributed by atoms with Crippen LogP contribution in [0.1, 0.15) is 22.6 Å². The highest BCUT2D eigenvalue weighted by molar-refractivity contribution is 7.17. The Morgan fingerprint density at radius 2 is 2.07 bits per heavy atom. The average Bonchev–Trinajstić information content (AvgIpc) is 3.50. The average molecular weight is 417 g/mol. The molecule has 0 radical (unpaired) electrons. The molecule has 1 aromatic carbocycles. The molecule has 1 saturated carbocycles. The fraction of sp³-hybridized carbons (Fsp3) is 0.273. The number of fused-ring (bicyclic) bond motifs is 2. The van der Waals surface area contributed by atoms with E-state index in [0.29, 0.717) is 10.9 Å². The van der Waals surface area contributed by atoms with E-state index in [-0.39, 0.29) is 18.0 Å². The van der Waals surface area contributed by atoms with Crippen molar-refractivity contribution < 1.29 is 4.79 Å². The molecule has 1 aliphatic heterocycles. The second kappa shape index (κ2) is 7.76. The van der Waals surface area contributed by atoms with Crippen molar-refractivity contribution in [2.24, 2.45) is 5.92 Å². The number of carbonyl (C=O) groups is 1. The summed E-state index contributed by atoms with van der Waals surface area (Å²) in [6, 6.07) is 12.0. The number of likely N-dealkylation sites (tertiary alicyclic amines) is 1. The molecule has 5 rings (SSSR count). The van der Waals surface area contributed by atoms with Crippen LogP contribution in [0.5, 0.6) is 0 Å². The smallest absolute Gasteiger partial charge is 0.280 e. The molecule has 2 fully saturated rings. The van der Waals surface area contributed by atoms with Gasteiger partial charge < -0.3 is 15.5 Å². The molecule has 8 heteroatoms. The summed E-state index contributed by atoms with van der Waals surface area (Å²) in [4.78, 5) is 24.1. The van der Waals surface area contributed by atoms with Gasteiger partial charge in [-0.2, -0.15) is 5.26 Å². The minimum absolute atomic E-state index is 0.0261. The molecule has 0 spiro atoms. The lowest BCUT2D eigenvalue weighted by Gasteiger charge is -2.21. The Bertz CT molecular complexity index is 1110. The number of hydrogen-bond donors (Lipinski definition) is 2. The van der Waals surface area contributed by atoms with Crippen LogP contribution >= 0.6 is 11.3 Å². The van der Waals surface area contributed by atoms with Crippen LogP contribution in [-0.2, 0) is 0 Å². The first-order chi connectivity index (χ1) is 14.7. The monoisotopic (exact) mass is 416 g/mol. The van der Waals surface area contributed by atoms with Crippen LogP contribution in [0.4, 0.5) is 11.4 Å². The molecule has 30 heavy (non-hydrogen) atoms. The van der Waals surface area contributed by atoms with Gasteiger partial charge in [0.15, 0.2) is 11.2 Å². The van der Waals surface area contributed by atoms with Crippen LogP contribution in [0.15, 0.2) is 55.0 Å². The van der Waals surface area contributed by atoms with Gasteiger partial charge in [-0.15, -0.1) is 11.3 Å². The van der Waals surface area contributed by atoms with Crippen molar-refractivity contribution in [2.75, 3.05) is 11.9 Å². The van der Waals surface area contributed by atoms with E-state index in [1.165, 1.54) is 11.3 Å². The van der Waals surface area contributed by atoms with Gasteiger partial charge in [0.2, 0.25) is 0 Å². The van der Waals surface area contributed by atoms with Gasteiger partial charge in [0.1, 0.15) is 0 Å². The number of piperidine rings is 1. The number of carbonyl (C=O) groups excluding carboxylic acids is 1. The van der Waals surface area contributed by atoms with Crippen molar-refractivity contribution in [2.45, 2.75) is 24.9 Å². The highest BCUT2D eigenvalue weighted by Gasteiger charge is 2.47. The standard InChI is InChI=1S/C22H20N6OS/c23-13-28-12-14-6-7-18(28)20(14)27-21(29)22-25-11-19(30-22)16-10-24-9-8-17(16)26-15-4-2-1-3-5-15/h1-5,8-11,14,18,20H,6-7,12H2,(H,24,26)(H,27,29)/t14?,18?,20-/m1/s1. The number of pyridine rings is 1. The minimum Gasteiger partial charge on any atom is -0.355 e. The maximum atomic E-state index is 12.8. The van der Waals surface area contributed by atoms with Crippen LogP contribution in [0.2, 0.25) is 0 Å². The van der Waals surface area contributed by atoms with Crippen molar-refractivity contribution in [3.8, 4) is 16.6 Å². The van der Waals surface area contributed by atoms with Crippen LogP contribution < -0.4 is 10.6 Å². The Balaban J connectivity index is 1.34. The molecule has 3 aromatic rings. The molecule has 3 heterocycles. The molecule has 2 aliphatic rings. The van der Waals surface area contributed by atoms with Gasteiger partial charge in [0.25, 0.3) is 5.91 Å². The molecular weight excluding hydrogens is 396 g/mol. The zero-order valence-corrected chi connectivity index (χ0v) is 17.0. The number of anilines is 2. The summed E-state index contributed by atoms with van der Waals surface area (Å²) in [6.45, 7) is 0.736. The van der Waals surface area contributed by atoms with E-state index in [1.54, 1.807) is 23.5 Å². The molecule has 2 aromatic heterocycles. The second-order valence-corrected chi connectivity index (χ2v) is 8.63. The number of nitrogens with one attached hydrogen (secondary N) is 2. The number of para-hydroxylation sites is 1. The first-order valence-electron chi connectivity index (χ1n) is 9.92. The number of thiazole rings is 1. The van der Waals surface area contributed by atoms with E-state index in [1.807, 2.05) is 36.4 Å². The molecule has 1 aliphatic carbocycles. The third-order valence-corrected chi connectivity index (χ3v) is 6.88. The highest BCUT2D eigenvalue weighted by atomic mass is 32.1. The van der Waals surface area contributed by atoms with E-state index >= 15 is 0 Å². The molecule has 2 N–H and O–H groups in total. The fourth-order valence-electron chi connectivity index (χ4n) is 4.42. The summed E-state index contributed by atoms with van der Waals surface area (Å²) in [5.41, 5.74) is 2.78. The Kier molecular flexibility index (Phi) is 4.81. The van der Waals surface area contributed by atoms with Crippen molar-refractivity contribution in [3.05, 3.63) is 60.0 Å². The Labute approximate surface area is 178 Å². The zero-order valence-electron chi connectivity index (χ0n) is 16.2. The largest absolute Gasteiger partial charge is 0.355 e. The van der Waals surface area contributed by atoms with Crippen LogP contribution in [0.25, 0.3) is 10.4 Å². The fourth-order valence-corrected chi connectivity index (χ4v) is 5.27. The molecular formula is C22H20N6OS. The number of aromatic nitrogens is 2. The number of nitriles is 1. The Morgan fingerprint density at radius 1 is 1.20 bits per heavy atom. The first kappa shape index (κ1) is 18.6. The third-order valence-electron chi connectivity index (χ3n) is 5.85. The highest BCUT2D eigenvalue weighted by Crippen LogP contribution is 2.38. The van der Waals surface area contributed by atoms with E-state index < -0.39 is 0 Å². The SMILES string of the molecule is N#CN1CC2CCC1[C@@H]2NC(=O)c1ncc(-c2cnccc2Nc2ccccc2)s1. The molecule has 1 amide bonds. The Hall–Kier alpha value is -3.44. The summed E-state index contributed by atoms with van der Waals surface area (Å²) in [5, 5.41) is 16.2. The van der Waals surface area contributed by atoms with Crippen molar-refractivity contribution in [1.29, 1.82) is 5.26 Å². The first-order valence-corrected chi connectivity index (χ1v) is 10.7. The normalized spacial score (nSPS) is 22.0. The molecule has 7 nitrogen and oxygen atoms in total. The molecule has 150 valence electrons. The number of hydrogen-bond acceptors (Lipinski definition) is 7. The lowest BCUT2D eigenvalue weighted by Crippen LogP contribution is -2.42. The number of amides is 1. The van der Waals surface area contributed by atoms with Gasteiger partial charge in [-0.3, -0.25) is 9.78 Å². The van der Waals surface area contributed by atoms with Crippen LogP contribution in [0.3, 0.4) is 0 Å². The predicted molar refractivity (Wildman–Crippen MR) is 115 cm³/mol. The van der Waals surface area contributed by atoms with E-state index in [9.17, 15) is 10.1 Å². The van der Waals surface area contributed by atoms with Crippen molar-refractivity contribution >= 4 is 28.6 Å². The van der Waals surface area contributed by atoms with Crippen LogP contribution in [-0.4, -0.2) is 39.4 Å². The lowest BCUT2D eigenvalue weighted by atomic mass is 10.1. The van der Waals surface area contributed by atoms with Crippen LogP contribution in [0, 0.1) is 17.4 Å². The van der Waals surface area contributed by atoms with Crippen molar-refractivity contribution in [1.82, 2.24) is 20.2 Å². The number of benzene rings is 1. The quantitative estimate of drug-likeness (QED) is 0.617. The summed E-state index contributed by atoms with van der Waals surface area (Å²) in [7, 11) is 0. The second-order valence-electron chi connectivity index (χ2n) is 7.60. The van der Waals surface area contributed by atoms with Gasteiger partial charge in [0, 0.05) is 36.4 Å². The summed E-state index contributed by atoms with van der Waals surface area (Å²) in [5.74, 6) is 0.174. The van der Waals surface area contributed by atoms with E-state index in [0.717, 1.165) is 41.2 Å². The summed E-state index contributed by atoms with van der Waals surface area (Å²) in [6.07, 6.45) is 9.49. The molecule has 2 unspecified atom stereocenters. The van der Waals surface area contributed by atoms with E-state index in [4.69, 9.17) is 0 Å². The van der Waals surface area contributed by atoms with Gasteiger partial charge in [-0.05, 0) is 37.0 Å². The van der Waals surface area contributed by atoms with Gasteiger partial charge in [0.05, 0.1) is 22.6 Å². The predicted octanol–water partition coefficient (Wildman–Crippen LogP) is 3.62. The van der Waals surface area contributed by atoms with E-state index in [2.05, 4.69) is 26.8 Å².